The van der Waals surface area contributed by atoms with Gasteiger partial charge >= 0.3 is 0 Å². The molecule has 0 radical (unpaired) electrons. The molecule has 9 aliphatic rings. The molecule has 0 bridgehead atoms. The summed E-state index contributed by atoms with van der Waals surface area (Å²) in [5, 5.41) is 9.26. The van der Waals surface area contributed by atoms with Crippen LogP contribution < -0.4 is 105 Å². The van der Waals surface area contributed by atoms with Crippen LogP contribution in [0.15, 0.2) is 169 Å². The SMILES string of the molecule is C.C=C1C=C(C)c2cc3c(C)cc(=O)n(C)c3c3c2N1C(CN)CO3.C=C1C=C(C)c2cc3c(C)cc(=O)n(C)c3c3c2N1[C@@H](CN)CO3.C=C1C=C(C)c2cc3c(C)cc(=O)n(CC)c3c3c2N1[C@@H](CN)CO3.C=C1C=Cc2cc3c(C)cc(=O)n(C)c3c3c2N1[C@@H](CN)CO3.CNCC1COc2c3c(cc4c(C)cc(=O)n1c24)c(C)cc(=O)n3C. The zero-order chi connectivity index (χ0) is 86.4. The maximum atomic E-state index is 12.7. The van der Waals surface area contributed by atoms with Crippen molar-refractivity contribution in [2.24, 2.45) is 51.1 Å². The molecule has 11 aromatic rings. The first-order valence-electron chi connectivity index (χ1n) is 41.0. The van der Waals surface area contributed by atoms with Gasteiger partial charge in [-0.25, -0.2) is 0 Å². The Labute approximate surface area is 707 Å². The largest absolute Gasteiger partial charge is 0.487 e. The number of hydrogen-bond donors (Lipinski definition) is 5. The second kappa shape index (κ2) is 32.0. The van der Waals surface area contributed by atoms with E-state index in [4.69, 9.17) is 46.6 Å². The predicted octanol–water partition coefficient (Wildman–Crippen LogP) is 11.6. The van der Waals surface area contributed by atoms with Gasteiger partial charge < -0.3 is 94.4 Å². The van der Waals surface area contributed by atoms with Gasteiger partial charge in [-0.1, -0.05) is 39.8 Å². The van der Waals surface area contributed by atoms with E-state index >= 15 is 0 Å². The Morgan fingerprint density at radius 3 is 1.02 bits per heavy atom. The van der Waals surface area contributed by atoms with Gasteiger partial charge in [-0.05, 0) is 181 Å². The van der Waals surface area contributed by atoms with Crippen molar-refractivity contribution in [1.82, 2.24) is 32.7 Å². The highest BCUT2D eigenvalue weighted by atomic mass is 16.5. The lowest BCUT2D eigenvalue weighted by Gasteiger charge is -2.42. The summed E-state index contributed by atoms with van der Waals surface area (Å²) < 4.78 is 40.8. The normalized spacial score (nSPS) is 18.4. The Morgan fingerprint density at radius 1 is 0.361 bits per heavy atom. The number of ether oxygens (including phenoxy) is 5. The van der Waals surface area contributed by atoms with Crippen molar-refractivity contribution in [3.8, 4) is 28.7 Å². The third kappa shape index (κ3) is 13.3. The van der Waals surface area contributed by atoms with E-state index in [1.807, 2.05) is 72.2 Å². The molecular formula is C96H109N15O11. The molecule has 122 heavy (non-hydrogen) atoms. The molecule has 0 saturated heterocycles. The summed E-state index contributed by atoms with van der Waals surface area (Å²) in [7, 11) is 8.96. The van der Waals surface area contributed by atoms with Gasteiger partial charge in [0.25, 0.3) is 33.4 Å². The standard InChI is InChI=1S/C20H23N3O2.C19H21N3O3.2C19H21N3O2.C18H19N3O2.CH4/c1-5-22-17(24)7-12(3)15-8-16-11(2)6-13(4)23-14(9-21)10-25-20(18(15)22)19(16)23;1-10-5-15(23)21(4)17-13(10)7-14-11(2)6-16(24)22-12(8-20-3)9-25-19(17)18(14)22;2*1-10-5-12(3)22-13(8-20)9-24-19-17-14(7-15(10)18(19)22)11(2)6-16(23)21(17)4;1-10-6-15(22)20(3)17-14(10)7-12-5-4-11(2)21-13(8-19)9-23-18(17)16(12)21;/h6-8,14H,4-5,9-10,21H2,1-3H3;5-7,12,20H,8-9H2,1-4H3;2*5-7,13H,3,8-9,20H2,1-2,4H3;4-7,13H,2,8-9,19H2,1,3H3;1H4/t14-;;13-;;13-;/m0.0.0./s1. The minimum absolute atomic E-state index is 0. The summed E-state index contributed by atoms with van der Waals surface area (Å²) in [5.74, 6) is 3.65. The Hall–Kier alpha value is -12.7. The van der Waals surface area contributed by atoms with E-state index in [0.717, 1.165) is 206 Å². The number of rotatable bonds is 7. The van der Waals surface area contributed by atoms with E-state index in [1.165, 1.54) is 0 Å². The van der Waals surface area contributed by atoms with Crippen molar-refractivity contribution in [2.75, 3.05) is 92.4 Å². The summed E-state index contributed by atoms with van der Waals surface area (Å²) in [6.45, 7) is 42.2. The third-order valence-electron chi connectivity index (χ3n) is 25.3. The first-order valence-corrected chi connectivity index (χ1v) is 41.0. The Balaban J connectivity index is 0.000000118. The van der Waals surface area contributed by atoms with Crippen LogP contribution in [0.25, 0.3) is 88.2 Å². The third-order valence-corrected chi connectivity index (χ3v) is 25.3. The summed E-state index contributed by atoms with van der Waals surface area (Å²) in [5.41, 5.74) is 49.6. The van der Waals surface area contributed by atoms with Crippen LogP contribution in [0.5, 0.6) is 28.7 Å². The van der Waals surface area contributed by atoms with Gasteiger partial charge in [-0.3, -0.25) is 33.3 Å². The number of aromatic nitrogens is 6. The molecule has 2 unspecified atom stereocenters. The molecule has 0 amide bonds. The smallest absolute Gasteiger partial charge is 0.251 e. The molecular weight excluding hydrogens is 1540 g/mol. The van der Waals surface area contributed by atoms with Gasteiger partial charge in [0, 0.05) is 181 Å². The molecule has 9 N–H and O–H groups in total. The summed E-state index contributed by atoms with van der Waals surface area (Å²) in [6.07, 6.45) is 10.3. The maximum Gasteiger partial charge on any atom is 0.251 e. The fourth-order valence-corrected chi connectivity index (χ4v) is 19.0. The van der Waals surface area contributed by atoms with E-state index in [-0.39, 0.29) is 71.0 Å². The van der Waals surface area contributed by atoms with Crippen LogP contribution in [0, 0.1) is 41.5 Å². The van der Waals surface area contributed by atoms with Gasteiger partial charge in [0.2, 0.25) is 0 Å². The number of anilines is 4. The van der Waals surface area contributed by atoms with Crippen molar-refractivity contribution in [3.05, 3.63) is 258 Å². The second-order valence-corrected chi connectivity index (χ2v) is 33.0. The molecule has 634 valence electrons. The molecule has 5 aromatic carbocycles. The monoisotopic (exact) mass is 1650 g/mol. The number of aryl methyl sites for hydroxylation is 11. The number of nitrogens with zero attached hydrogens (tertiary/aromatic N) is 10. The van der Waals surface area contributed by atoms with Crippen molar-refractivity contribution in [2.45, 2.75) is 113 Å². The van der Waals surface area contributed by atoms with Crippen LogP contribution in [-0.2, 0) is 34.7 Å². The van der Waals surface area contributed by atoms with Gasteiger partial charge in [-0.2, -0.15) is 0 Å². The van der Waals surface area contributed by atoms with Crippen LogP contribution >= 0.6 is 0 Å². The molecule has 9 aliphatic heterocycles. The van der Waals surface area contributed by atoms with Crippen LogP contribution in [0.3, 0.4) is 0 Å². The Kier molecular flexibility index (Phi) is 22.1. The number of nitrogens with two attached hydrogens (primary N) is 4. The molecule has 0 aliphatic carbocycles. The van der Waals surface area contributed by atoms with E-state index in [2.05, 4.69) is 121 Å². The van der Waals surface area contributed by atoms with Crippen LogP contribution in [0.2, 0.25) is 0 Å². The van der Waals surface area contributed by atoms with Gasteiger partial charge in [0.05, 0.1) is 86.1 Å². The minimum Gasteiger partial charge on any atom is -0.487 e. The molecule has 0 fully saturated rings. The maximum absolute atomic E-state index is 12.7. The number of pyridine rings is 6. The highest BCUT2D eigenvalue weighted by molar-refractivity contribution is 6.07. The Morgan fingerprint density at radius 2 is 0.656 bits per heavy atom. The average Bonchev–Trinajstić information content (AvgIpc) is 0.752. The van der Waals surface area contributed by atoms with Gasteiger partial charge in [0.15, 0.2) is 28.7 Å². The van der Waals surface area contributed by atoms with Crippen molar-refractivity contribution >= 4 is 111 Å². The van der Waals surface area contributed by atoms with E-state index < -0.39 is 0 Å². The fraction of sp³-hybridized carbons (Fsp3) is 0.333. The number of likely N-dealkylation sites (N-methyl/N-ethyl adjacent to an activating group) is 1. The number of fused-ring (bicyclic) bond motifs is 10. The quantitative estimate of drug-likeness (QED) is 0.0926. The number of allylic oxidation sites excluding steroid dienone is 7. The highest BCUT2D eigenvalue weighted by Crippen LogP contribution is 2.54. The van der Waals surface area contributed by atoms with E-state index in [1.54, 1.807) is 87.4 Å². The number of benzene rings is 5. The second-order valence-electron chi connectivity index (χ2n) is 33.0. The van der Waals surface area contributed by atoms with Crippen molar-refractivity contribution in [1.29, 1.82) is 0 Å². The first kappa shape index (κ1) is 84.3. The lowest BCUT2D eigenvalue weighted by atomic mass is 9.92. The van der Waals surface area contributed by atoms with Gasteiger partial charge in [0.1, 0.15) is 33.0 Å². The summed E-state index contributed by atoms with van der Waals surface area (Å²) >= 11 is 0. The molecule has 20 rings (SSSR count). The van der Waals surface area contributed by atoms with Crippen molar-refractivity contribution < 1.29 is 23.7 Å². The lowest BCUT2D eigenvalue weighted by Crippen LogP contribution is -2.48. The molecule has 5 atom stereocenters. The first-order chi connectivity index (χ1) is 57.8. The van der Waals surface area contributed by atoms with Crippen LogP contribution in [0.1, 0.15) is 96.8 Å². The summed E-state index contributed by atoms with van der Waals surface area (Å²) in [6, 6.07) is 20.8. The predicted molar refractivity (Wildman–Crippen MR) is 496 cm³/mol. The van der Waals surface area contributed by atoms with Gasteiger partial charge in [-0.15, -0.1) is 0 Å². The Bertz CT molecular complexity index is 6800. The molecule has 15 heterocycles. The molecule has 26 heteroatoms. The molecule has 0 spiro atoms. The number of hydrogen-bond acceptors (Lipinski definition) is 20. The zero-order valence-electron chi connectivity index (χ0n) is 71.5. The average molecular weight is 1650 g/mol. The topological polar surface area (TPSA) is 307 Å². The highest BCUT2D eigenvalue weighted by Gasteiger charge is 2.41. The fourth-order valence-electron chi connectivity index (χ4n) is 19.0. The van der Waals surface area contributed by atoms with Crippen LogP contribution in [-0.4, -0.2) is 124 Å². The van der Waals surface area contributed by atoms with Crippen molar-refractivity contribution in [3.63, 3.8) is 0 Å². The minimum atomic E-state index is -0.0805. The number of nitrogens with one attached hydrogen (secondary N) is 1. The van der Waals surface area contributed by atoms with E-state index in [0.29, 0.717) is 78.1 Å². The van der Waals surface area contributed by atoms with Crippen LogP contribution in [0.4, 0.5) is 22.7 Å². The molecule has 6 aromatic heterocycles. The zero-order valence-corrected chi connectivity index (χ0v) is 71.5. The molecule has 26 nitrogen and oxygen atoms in total. The summed E-state index contributed by atoms with van der Waals surface area (Å²) in [4.78, 5) is 82.9. The van der Waals surface area contributed by atoms with E-state index in [9.17, 15) is 28.8 Å². The molecule has 0 saturated carbocycles. The lowest BCUT2D eigenvalue weighted by molar-refractivity contribution is 0.233.